The lowest BCUT2D eigenvalue weighted by Gasteiger charge is -2.43. The average Bonchev–Trinajstić information content (AvgIpc) is 3.63. The van der Waals surface area contributed by atoms with Crippen LogP contribution in [0.5, 0.6) is 0 Å². The van der Waals surface area contributed by atoms with Crippen molar-refractivity contribution >= 4 is 11.8 Å². The van der Waals surface area contributed by atoms with Crippen LogP contribution in [0.2, 0.25) is 0 Å². The fraction of sp³-hybridized carbons (Fsp3) is 0.0536. The molecule has 2 aliphatic carbocycles. The van der Waals surface area contributed by atoms with Crippen LogP contribution < -0.4 is 0 Å². The number of hydrogen-bond donors (Lipinski definition) is 0. The molecule has 0 saturated carbocycles. The lowest BCUT2D eigenvalue weighted by atomic mass is 9.64. The Morgan fingerprint density at radius 1 is 0.468 bits per heavy atom. The van der Waals surface area contributed by atoms with Crippen LogP contribution in [0.15, 0.2) is 223 Å². The molecule has 4 aromatic carbocycles. The zero-order valence-corrected chi connectivity index (χ0v) is 34.7. The van der Waals surface area contributed by atoms with Gasteiger partial charge in [-0.3, -0.25) is 9.97 Å². The second-order valence-electron chi connectivity index (χ2n) is 15.6. The molecule has 8 aromatic rings. The van der Waals surface area contributed by atoms with Crippen molar-refractivity contribution in [3.05, 3.63) is 234 Å². The maximum atomic E-state index is 5.28. The van der Waals surface area contributed by atoms with Gasteiger partial charge >= 0.3 is 0 Å². The van der Waals surface area contributed by atoms with Gasteiger partial charge in [0, 0.05) is 62.4 Å². The van der Waals surface area contributed by atoms with Gasteiger partial charge in [-0.05, 0) is 112 Å². The summed E-state index contributed by atoms with van der Waals surface area (Å²) in [6.07, 6.45) is 18.1. The summed E-state index contributed by atoms with van der Waals surface area (Å²) >= 11 is 1.80. The summed E-state index contributed by atoms with van der Waals surface area (Å²) in [5, 5.41) is 0. The summed E-state index contributed by atoms with van der Waals surface area (Å²) in [7, 11) is 0. The molecule has 0 N–H and O–H groups in total. The first-order valence-corrected chi connectivity index (χ1v) is 21.7. The summed E-state index contributed by atoms with van der Waals surface area (Å²) < 4.78 is 0. The van der Waals surface area contributed by atoms with Crippen LogP contribution in [0.25, 0.3) is 78.7 Å². The molecule has 1 spiro atoms. The molecule has 0 fully saturated rings. The number of nitrogens with zero attached hydrogens (tertiary/aromatic N) is 5. The minimum Gasteiger partial charge on any atom is -0.265 e. The van der Waals surface area contributed by atoms with E-state index < -0.39 is 5.41 Å². The second kappa shape index (κ2) is 15.5. The first kappa shape index (κ1) is 37.5. The highest BCUT2D eigenvalue weighted by Gasteiger charge is 2.52. The molecule has 5 nitrogen and oxygen atoms in total. The highest BCUT2D eigenvalue weighted by atomic mass is 32.2. The molecule has 6 heteroatoms. The molecular formula is C56H39N5S. The summed E-state index contributed by atoms with van der Waals surface area (Å²) in [5.41, 5.74) is 17.2. The molecule has 4 aromatic heterocycles. The quantitative estimate of drug-likeness (QED) is 0.152. The third kappa shape index (κ3) is 6.22. The van der Waals surface area contributed by atoms with E-state index in [-0.39, 0.29) is 0 Å². The molecular weight excluding hydrogens is 775 g/mol. The van der Waals surface area contributed by atoms with Gasteiger partial charge in [-0.15, -0.1) is 0 Å². The van der Waals surface area contributed by atoms with E-state index in [0.717, 1.165) is 85.0 Å². The highest BCUT2D eigenvalue weighted by Crippen LogP contribution is 2.65. The minimum absolute atomic E-state index is 0.673. The Morgan fingerprint density at radius 2 is 0.984 bits per heavy atom. The lowest BCUT2D eigenvalue weighted by Crippen LogP contribution is -2.34. The van der Waals surface area contributed by atoms with Crippen LogP contribution in [0.3, 0.4) is 0 Å². The number of pyridine rings is 3. The third-order valence-electron chi connectivity index (χ3n) is 12.2. The van der Waals surface area contributed by atoms with Crippen molar-refractivity contribution in [2.75, 3.05) is 0 Å². The van der Waals surface area contributed by atoms with E-state index in [2.05, 4.69) is 144 Å². The molecule has 294 valence electrons. The normalized spacial score (nSPS) is 16.2. The topological polar surface area (TPSA) is 64.5 Å². The Morgan fingerprint density at radius 3 is 1.55 bits per heavy atom. The molecule has 1 atom stereocenters. The zero-order valence-electron chi connectivity index (χ0n) is 33.9. The fourth-order valence-electron chi connectivity index (χ4n) is 9.35. The molecule has 1 unspecified atom stereocenters. The van der Waals surface area contributed by atoms with Crippen LogP contribution in [0, 0.1) is 0 Å². The molecule has 1 aliphatic heterocycles. The van der Waals surface area contributed by atoms with Crippen molar-refractivity contribution in [3.8, 4) is 78.7 Å². The van der Waals surface area contributed by atoms with Gasteiger partial charge < -0.3 is 0 Å². The van der Waals surface area contributed by atoms with E-state index in [1.165, 1.54) is 32.7 Å². The van der Waals surface area contributed by atoms with Gasteiger partial charge in [-0.25, -0.2) is 15.0 Å². The van der Waals surface area contributed by atoms with Crippen LogP contribution in [0.1, 0.15) is 24.0 Å². The summed E-state index contributed by atoms with van der Waals surface area (Å²) in [6.45, 7) is 8.88. The highest BCUT2D eigenvalue weighted by molar-refractivity contribution is 8.07. The standard InChI is InChI=1S/C56H39N5S/c1-3-45-53(4-2)62-54-18-12-11-17-46(54)56(45)47-31-40(42-33-49(38-23-27-57-28-24-38)59-50(34-42)39-25-29-58-30-26-39)19-21-43(47)44-22-20-41(32-48(44)56)55-60-51(36-13-7-5-8-14-36)35-52(61-55)37-15-9-6-10-16-37/h3-10,13-35H,1-2,11-12H2. The van der Waals surface area contributed by atoms with Gasteiger partial charge in [-0.2, -0.15) is 0 Å². The maximum Gasteiger partial charge on any atom is 0.160 e. The molecule has 0 bridgehead atoms. The predicted molar refractivity (Wildman–Crippen MR) is 255 cm³/mol. The van der Waals surface area contributed by atoms with Gasteiger partial charge in [0.05, 0.1) is 28.2 Å². The number of rotatable bonds is 8. The lowest BCUT2D eigenvalue weighted by molar-refractivity contribution is 0.742. The molecule has 0 radical (unpaired) electrons. The van der Waals surface area contributed by atoms with E-state index >= 15 is 0 Å². The van der Waals surface area contributed by atoms with Crippen molar-refractivity contribution in [2.45, 2.75) is 18.3 Å². The maximum absolute atomic E-state index is 5.28. The Balaban J connectivity index is 1.16. The SMILES string of the molecule is C=CC1=C(C=C)C2(C3=CCCC=C3S1)c1cc(-c3cc(-c4ccncc4)nc(-c4ccncc4)c3)ccc1-c1ccc(-c3nc(-c4ccccc4)cc(-c4ccccc4)n3)cc12. The Bertz CT molecular complexity index is 2880. The van der Waals surface area contributed by atoms with Crippen molar-refractivity contribution in [1.29, 1.82) is 0 Å². The Hall–Kier alpha value is -7.54. The summed E-state index contributed by atoms with van der Waals surface area (Å²) in [6, 6.07) is 49.0. The smallest absolute Gasteiger partial charge is 0.160 e. The summed E-state index contributed by atoms with van der Waals surface area (Å²) in [4.78, 5) is 26.7. The van der Waals surface area contributed by atoms with Gasteiger partial charge in [0.25, 0.3) is 0 Å². The first-order chi connectivity index (χ1) is 30.6. The van der Waals surface area contributed by atoms with Crippen molar-refractivity contribution in [3.63, 3.8) is 0 Å². The van der Waals surface area contributed by atoms with E-state index in [4.69, 9.17) is 15.0 Å². The van der Waals surface area contributed by atoms with Crippen molar-refractivity contribution in [2.24, 2.45) is 0 Å². The third-order valence-corrected chi connectivity index (χ3v) is 13.4. The molecule has 0 saturated heterocycles. The van der Waals surface area contributed by atoms with Crippen LogP contribution in [-0.2, 0) is 5.41 Å². The number of thioether (sulfide) groups is 1. The fourth-order valence-corrected chi connectivity index (χ4v) is 10.6. The van der Waals surface area contributed by atoms with E-state index in [1.54, 1.807) is 11.8 Å². The minimum atomic E-state index is -0.673. The predicted octanol–water partition coefficient (Wildman–Crippen LogP) is 13.9. The van der Waals surface area contributed by atoms with Crippen LogP contribution in [-0.4, -0.2) is 24.9 Å². The van der Waals surface area contributed by atoms with E-state index in [0.29, 0.717) is 5.82 Å². The number of aromatic nitrogens is 5. The largest absolute Gasteiger partial charge is 0.265 e. The number of hydrogen-bond acceptors (Lipinski definition) is 6. The average molecular weight is 814 g/mol. The monoisotopic (exact) mass is 813 g/mol. The van der Waals surface area contributed by atoms with Gasteiger partial charge in [0.15, 0.2) is 5.82 Å². The first-order valence-electron chi connectivity index (χ1n) is 20.8. The molecule has 11 rings (SSSR count). The molecule has 62 heavy (non-hydrogen) atoms. The van der Waals surface area contributed by atoms with Crippen LogP contribution >= 0.6 is 11.8 Å². The van der Waals surface area contributed by atoms with Gasteiger partial charge in [-0.1, -0.05) is 134 Å². The molecule has 5 heterocycles. The van der Waals surface area contributed by atoms with Crippen molar-refractivity contribution < 1.29 is 0 Å². The Kier molecular flexibility index (Phi) is 9.36. The van der Waals surface area contributed by atoms with Crippen molar-refractivity contribution in [1.82, 2.24) is 24.9 Å². The summed E-state index contributed by atoms with van der Waals surface area (Å²) in [5.74, 6) is 0.676. The number of allylic oxidation sites excluding steroid dienone is 6. The zero-order chi connectivity index (χ0) is 41.6. The van der Waals surface area contributed by atoms with E-state index in [1.807, 2.05) is 67.3 Å². The molecule has 0 amide bonds. The van der Waals surface area contributed by atoms with Gasteiger partial charge in [0.1, 0.15) is 0 Å². The van der Waals surface area contributed by atoms with Crippen LogP contribution in [0.4, 0.5) is 0 Å². The molecule has 3 aliphatic rings. The van der Waals surface area contributed by atoms with Gasteiger partial charge in [0.2, 0.25) is 0 Å². The Labute approximate surface area is 365 Å². The number of fused-ring (bicyclic) bond motifs is 7. The van der Waals surface area contributed by atoms with E-state index in [9.17, 15) is 0 Å². The number of benzene rings is 4. The second-order valence-corrected chi connectivity index (χ2v) is 16.7.